The molecule has 4 aliphatic carbocycles. The van der Waals surface area contributed by atoms with Gasteiger partial charge in [-0.25, -0.2) is 0 Å². The Balaban J connectivity index is 1.39. The van der Waals surface area contributed by atoms with Gasteiger partial charge in [0.05, 0.1) is 19.8 Å². The van der Waals surface area contributed by atoms with Crippen LogP contribution in [0.15, 0.2) is 24.3 Å². The molecule has 0 unspecified atom stereocenters. The molecule has 1 aromatic carbocycles. The summed E-state index contributed by atoms with van der Waals surface area (Å²) in [6.45, 7) is 0.605. The quantitative estimate of drug-likeness (QED) is 0.728. The van der Waals surface area contributed by atoms with E-state index >= 15 is 0 Å². The summed E-state index contributed by atoms with van der Waals surface area (Å²) in [6, 6.07) is 5.60. The second-order valence-electron chi connectivity index (χ2n) is 8.63. The summed E-state index contributed by atoms with van der Waals surface area (Å²) in [5, 5.41) is 3.12. The monoisotopic (exact) mass is 385 g/mol. The molecular formula is C23H31NO4. The minimum absolute atomic E-state index is 0.0833. The third-order valence-electron chi connectivity index (χ3n) is 7.27. The SMILES string of the molecule is COc1ccc(/C=C/C(=O)NCC2(OC)C3CC4CC(C3)CC2C4)cc1OC. The van der Waals surface area contributed by atoms with E-state index in [9.17, 15) is 4.79 Å². The number of nitrogens with one attached hydrogen (secondary N) is 1. The maximum Gasteiger partial charge on any atom is 0.244 e. The fraction of sp³-hybridized carbons (Fsp3) is 0.609. The molecule has 4 bridgehead atoms. The Morgan fingerprint density at radius 1 is 1.04 bits per heavy atom. The Hall–Kier alpha value is -2.01. The lowest BCUT2D eigenvalue weighted by molar-refractivity contribution is -0.187. The normalized spacial score (nSPS) is 33.2. The van der Waals surface area contributed by atoms with E-state index in [0.717, 1.165) is 17.4 Å². The number of hydrogen-bond donors (Lipinski definition) is 1. The summed E-state index contributed by atoms with van der Waals surface area (Å²) in [4.78, 5) is 12.5. The molecule has 1 aromatic rings. The summed E-state index contributed by atoms with van der Waals surface area (Å²) in [7, 11) is 5.04. The molecule has 5 rings (SSSR count). The van der Waals surface area contributed by atoms with Gasteiger partial charge in [-0.1, -0.05) is 6.07 Å². The maximum absolute atomic E-state index is 12.5. The Labute approximate surface area is 167 Å². The zero-order chi connectivity index (χ0) is 19.7. The fourth-order valence-electron chi connectivity index (χ4n) is 6.09. The van der Waals surface area contributed by atoms with E-state index in [-0.39, 0.29) is 11.5 Å². The number of benzene rings is 1. The minimum Gasteiger partial charge on any atom is -0.493 e. The molecule has 1 amide bonds. The number of carbonyl (C=O) groups is 1. The first-order valence-electron chi connectivity index (χ1n) is 10.3. The van der Waals surface area contributed by atoms with Gasteiger partial charge in [-0.15, -0.1) is 0 Å². The van der Waals surface area contributed by atoms with Gasteiger partial charge in [0.15, 0.2) is 11.5 Å². The van der Waals surface area contributed by atoms with Gasteiger partial charge in [0, 0.05) is 19.7 Å². The van der Waals surface area contributed by atoms with Gasteiger partial charge < -0.3 is 19.5 Å². The topological polar surface area (TPSA) is 56.8 Å². The van der Waals surface area contributed by atoms with Gasteiger partial charge in [-0.2, -0.15) is 0 Å². The highest BCUT2D eigenvalue weighted by Gasteiger charge is 2.57. The summed E-state index contributed by atoms with van der Waals surface area (Å²) in [5.41, 5.74) is 0.712. The van der Waals surface area contributed by atoms with Gasteiger partial charge >= 0.3 is 0 Å². The van der Waals surface area contributed by atoms with Gasteiger partial charge in [-0.05, 0) is 79.5 Å². The van der Waals surface area contributed by atoms with Crippen molar-refractivity contribution in [3.8, 4) is 11.5 Å². The van der Waals surface area contributed by atoms with Gasteiger partial charge in [0.25, 0.3) is 0 Å². The molecule has 4 fully saturated rings. The molecule has 0 saturated heterocycles. The smallest absolute Gasteiger partial charge is 0.244 e. The zero-order valence-electron chi connectivity index (χ0n) is 17.1. The molecule has 1 N–H and O–H groups in total. The molecule has 0 aliphatic heterocycles. The van der Waals surface area contributed by atoms with Crippen LogP contribution in [0.2, 0.25) is 0 Å². The molecule has 0 atom stereocenters. The molecule has 5 nitrogen and oxygen atoms in total. The van der Waals surface area contributed by atoms with Crippen molar-refractivity contribution in [2.75, 3.05) is 27.9 Å². The maximum atomic E-state index is 12.5. The Bertz CT molecular complexity index is 729. The average molecular weight is 386 g/mol. The van der Waals surface area contributed by atoms with Crippen molar-refractivity contribution < 1.29 is 19.0 Å². The first kappa shape index (κ1) is 19.3. The fourth-order valence-corrected chi connectivity index (χ4v) is 6.09. The Morgan fingerprint density at radius 3 is 2.25 bits per heavy atom. The van der Waals surface area contributed by atoms with Crippen molar-refractivity contribution in [2.45, 2.75) is 37.7 Å². The number of methoxy groups -OCH3 is 3. The van der Waals surface area contributed by atoms with Crippen molar-refractivity contribution in [1.82, 2.24) is 5.32 Å². The molecule has 0 aromatic heterocycles. The van der Waals surface area contributed by atoms with E-state index in [2.05, 4.69) is 5.32 Å². The highest BCUT2D eigenvalue weighted by molar-refractivity contribution is 5.91. The van der Waals surface area contributed by atoms with Crippen LogP contribution in [0.3, 0.4) is 0 Å². The largest absolute Gasteiger partial charge is 0.493 e. The summed E-state index contributed by atoms with van der Waals surface area (Å²) in [5.74, 6) is 4.18. The van der Waals surface area contributed by atoms with Crippen molar-refractivity contribution >= 4 is 12.0 Å². The third kappa shape index (κ3) is 3.41. The zero-order valence-corrected chi connectivity index (χ0v) is 17.1. The lowest BCUT2D eigenvalue weighted by Gasteiger charge is -2.60. The van der Waals surface area contributed by atoms with E-state index in [1.165, 1.54) is 32.1 Å². The molecule has 4 saturated carbocycles. The molecule has 152 valence electrons. The highest BCUT2D eigenvalue weighted by atomic mass is 16.5. The van der Waals surface area contributed by atoms with E-state index in [4.69, 9.17) is 14.2 Å². The number of amides is 1. The summed E-state index contributed by atoms with van der Waals surface area (Å²) >= 11 is 0. The standard InChI is InChI=1S/C23H31NO4/c1-26-20-6-4-15(13-21(20)27-2)5-7-22(25)24-14-23(28-3)18-9-16-8-17(11-18)12-19(23)10-16/h4-7,13,16-19H,8-12,14H2,1-3H3,(H,24,25)/b7-5+. The summed E-state index contributed by atoms with van der Waals surface area (Å²) < 4.78 is 16.7. The van der Waals surface area contributed by atoms with Gasteiger partial charge in [0.1, 0.15) is 0 Å². The first-order chi connectivity index (χ1) is 13.6. The molecule has 28 heavy (non-hydrogen) atoms. The van der Waals surface area contributed by atoms with Crippen LogP contribution in [0.4, 0.5) is 0 Å². The molecular weight excluding hydrogens is 354 g/mol. The average Bonchev–Trinajstić information content (AvgIpc) is 2.71. The molecule has 0 radical (unpaired) electrons. The van der Waals surface area contributed by atoms with Crippen molar-refractivity contribution in [3.05, 3.63) is 29.8 Å². The lowest BCUT2D eigenvalue weighted by atomic mass is 9.49. The molecule has 0 spiro atoms. The van der Waals surface area contributed by atoms with E-state index < -0.39 is 0 Å². The Kier molecular flexibility index (Phi) is 5.37. The van der Waals surface area contributed by atoms with E-state index in [1.54, 1.807) is 26.4 Å². The van der Waals surface area contributed by atoms with Crippen LogP contribution < -0.4 is 14.8 Å². The Morgan fingerprint density at radius 2 is 1.68 bits per heavy atom. The number of ether oxygens (including phenoxy) is 3. The predicted molar refractivity (Wildman–Crippen MR) is 108 cm³/mol. The third-order valence-corrected chi connectivity index (χ3v) is 7.27. The van der Waals surface area contributed by atoms with Gasteiger partial charge in [0.2, 0.25) is 5.91 Å². The lowest BCUT2D eigenvalue weighted by Crippen LogP contribution is -2.63. The highest BCUT2D eigenvalue weighted by Crippen LogP contribution is 2.59. The minimum atomic E-state index is -0.180. The molecule has 0 heterocycles. The summed E-state index contributed by atoms with van der Waals surface area (Å²) in [6.07, 6.45) is 9.84. The predicted octanol–water partition coefficient (Wildman–Crippen LogP) is 3.67. The molecule has 5 heteroatoms. The van der Waals surface area contributed by atoms with Crippen LogP contribution in [0.1, 0.15) is 37.7 Å². The number of hydrogen-bond acceptors (Lipinski definition) is 4. The first-order valence-corrected chi connectivity index (χ1v) is 10.3. The van der Waals surface area contributed by atoms with Crippen LogP contribution in [0, 0.1) is 23.7 Å². The van der Waals surface area contributed by atoms with Crippen LogP contribution in [-0.4, -0.2) is 39.4 Å². The number of carbonyl (C=O) groups excluding carboxylic acids is 1. The van der Waals surface area contributed by atoms with E-state index in [1.807, 2.05) is 25.3 Å². The van der Waals surface area contributed by atoms with E-state index in [0.29, 0.717) is 29.9 Å². The van der Waals surface area contributed by atoms with Crippen molar-refractivity contribution in [1.29, 1.82) is 0 Å². The van der Waals surface area contributed by atoms with Crippen LogP contribution in [-0.2, 0) is 9.53 Å². The van der Waals surface area contributed by atoms with Crippen LogP contribution >= 0.6 is 0 Å². The van der Waals surface area contributed by atoms with Crippen molar-refractivity contribution in [3.63, 3.8) is 0 Å². The number of rotatable bonds is 7. The van der Waals surface area contributed by atoms with Crippen molar-refractivity contribution in [2.24, 2.45) is 23.7 Å². The van der Waals surface area contributed by atoms with Crippen LogP contribution in [0.5, 0.6) is 11.5 Å². The molecule has 4 aliphatic rings. The second kappa shape index (κ2) is 7.78. The second-order valence-corrected chi connectivity index (χ2v) is 8.63. The van der Waals surface area contributed by atoms with Gasteiger partial charge in [-0.3, -0.25) is 4.79 Å². The van der Waals surface area contributed by atoms with Crippen LogP contribution in [0.25, 0.3) is 6.08 Å².